The third-order valence-electron chi connectivity index (χ3n) is 8.65. The topological polar surface area (TPSA) is 88.0 Å². The summed E-state index contributed by atoms with van der Waals surface area (Å²) < 4.78 is 11.4. The van der Waals surface area contributed by atoms with Gasteiger partial charge in [-0.05, 0) is 98.7 Å². The van der Waals surface area contributed by atoms with Crippen molar-refractivity contribution in [2.24, 2.45) is 5.92 Å². The molecule has 2 aliphatic heterocycles. The molecule has 6 rings (SSSR count). The Morgan fingerprint density at radius 2 is 1.85 bits per heavy atom. The Morgan fingerprint density at radius 3 is 2.59 bits per heavy atom. The van der Waals surface area contributed by atoms with Gasteiger partial charge in [-0.3, -0.25) is 4.90 Å². The molecule has 3 aliphatic rings. The summed E-state index contributed by atoms with van der Waals surface area (Å²) in [5, 5.41) is 19.9. The summed E-state index contributed by atoms with van der Waals surface area (Å²) in [5.74, 6) is 1.88. The molecule has 8 heteroatoms. The van der Waals surface area contributed by atoms with Gasteiger partial charge in [0.25, 0.3) is 0 Å². The number of phenols is 1. The van der Waals surface area contributed by atoms with E-state index in [1.165, 1.54) is 18.4 Å². The monoisotopic (exact) mass is 556 g/mol. The smallest absolute Gasteiger partial charge is 0.416 e. The summed E-state index contributed by atoms with van der Waals surface area (Å²) in [7, 11) is 0. The maximum absolute atomic E-state index is 13.7. The number of carbonyl (C=O) groups excluding carboxylic acids is 1. The second-order valence-electron chi connectivity index (χ2n) is 11.8. The molecule has 1 N–H and O–H groups in total. The fourth-order valence-corrected chi connectivity index (χ4v) is 6.19. The Balaban J connectivity index is 1.24. The first kappa shape index (κ1) is 27.7. The highest BCUT2D eigenvalue weighted by Crippen LogP contribution is 2.43. The fourth-order valence-electron chi connectivity index (χ4n) is 6.19. The third kappa shape index (κ3) is 6.71. The van der Waals surface area contributed by atoms with E-state index in [0.29, 0.717) is 28.9 Å². The summed E-state index contributed by atoms with van der Waals surface area (Å²) in [6, 6.07) is 17.4. The number of amides is 1. The average Bonchev–Trinajstić information content (AvgIpc) is 3.84. The van der Waals surface area contributed by atoms with Gasteiger partial charge in [0.05, 0.1) is 11.7 Å². The lowest BCUT2D eigenvalue weighted by Crippen LogP contribution is -2.52. The van der Waals surface area contributed by atoms with Crippen LogP contribution < -0.4 is 4.90 Å². The third-order valence-corrected chi connectivity index (χ3v) is 8.65. The highest BCUT2D eigenvalue weighted by atomic mass is 16.6. The van der Waals surface area contributed by atoms with Gasteiger partial charge in [0.2, 0.25) is 0 Å². The van der Waals surface area contributed by atoms with Crippen molar-refractivity contribution in [2.45, 2.75) is 64.0 Å². The van der Waals surface area contributed by atoms with Crippen molar-refractivity contribution < 1.29 is 19.4 Å². The standard InChI is InChI=1S/C33H40N4O4/c1-23-18-31(34-35-32(23)29-12-11-27(19-30(29)38)26-9-10-26)37(33(39)41-22-25-6-3-2-4-7-25)28-8-5-15-36(21-28)20-24-13-16-40-17-14-24/h2-4,6-7,11-12,18-19,24,26,28,38H,5,8-10,13-17,20-22H2,1H3/t28-/m1/s1. The molecule has 2 aromatic carbocycles. The molecule has 1 atom stereocenters. The minimum Gasteiger partial charge on any atom is -0.507 e. The van der Waals surface area contributed by atoms with Gasteiger partial charge in [-0.1, -0.05) is 36.4 Å². The SMILES string of the molecule is Cc1cc(N(C(=O)OCc2ccccc2)[C@@H]2CCCN(CC3CCOCC3)C2)nnc1-c1ccc(C2CC2)cc1O. The molecule has 3 heterocycles. The van der Waals surface area contributed by atoms with Crippen molar-refractivity contribution in [1.82, 2.24) is 15.1 Å². The predicted octanol–water partition coefficient (Wildman–Crippen LogP) is 6.07. The van der Waals surface area contributed by atoms with Crippen LogP contribution in [0.3, 0.4) is 0 Å². The number of anilines is 1. The van der Waals surface area contributed by atoms with Crippen molar-refractivity contribution in [3.63, 3.8) is 0 Å². The van der Waals surface area contributed by atoms with E-state index in [1.807, 2.05) is 55.5 Å². The van der Waals surface area contributed by atoms with Crippen molar-refractivity contribution >= 4 is 11.9 Å². The Bertz CT molecular complexity index is 1340. The quantitative estimate of drug-likeness (QED) is 0.360. The molecule has 1 amide bonds. The van der Waals surface area contributed by atoms with Crippen molar-refractivity contribution in [2.75, 3.05) is 37.7 Å². The molecule has 1 aliphatic carbocycles. The number of hydrogen-bond donors (Lipinski definition) is 1. The summed E-state index contributed by atoms with van der Waals surface area (Å²) in [6.07, 6.45) is 5.99. The first-order chi connectivity index (χ1) is 20.0. The summed E-state index contributed by atoms with van der Waals surface area (Å²) >= 11 is 0. The lowest BCUT2D eigenvalue weighted by atomic mass is 9.97. The molecule has 0 bridgehead atoms. The molecule has 41 heavy (non-hydrogen) atoms. The van der Waals surface area contributed by atoms with Gasteiger partial charge in [0.15, 0.2) is 5.82 Å². The largest absolute Gasteiger partial charge is 0.507 e. The molecule has 1 aromatic heterocycles. The number of piperidine rings is 1. The lowest BCUT2D eigenvalue weighted by molar-refractivity contribution is 0.0480. The van der Waals surface area contributed by atoms with Gasteiger partial charge < -0.3 is 19.5 Å². The highest BCUT2D eigenvalue weighted by Gasteiger charge is 2.33. The van der Waals surface area contributed by atoms with E-state index in [2.05, 4.69) is 21.2 Å². The van der Waals surface area contributed by atoms with E-state index >= 15 is 0 Å². The van der Waals surface area contributed by atoms with E-state index < -0.39 is 6.09 Å². The first-order valence-corrected chi connectivity index (χ1v) is 15.0. The number of carbonyl (C=O) groups is 1. The molecule has 3 fully saturated rings. The molecule has 0 radical (unpaired) electrons. The van der Waals surface area contributed by atoms with E-state index in [4.69, 9.17) is 9.47 Å². The molecule has 0 spiro atoms. The number of aryl methyl sites for hydroxylation is 1. The molecule has 2 saturated heterocycles. The van der Waals surface area contributed by atoms with Crippen molar-refractivity contribution in [3.8, 4) is 17.0 Å². The number of benzene rings is 2. The predicted molar refractivity (Wildman–Crippen MR) is 158 cm³/mol. The maximum atomic E-state index is 13.7. The number of ether oxygens (including phenoxy) is 2. The summed E-state index contributed by atoms with van der Waals surface area (Å²) in [5.41, 5.74) is 4.23. The van der Waals surface area contributed by atoms with Crippen LogP contribution in [0.4, 0.5) is 10.6 Å². The highest BCUT2D eigenvalue weighted by molar-refractivity contribution is 5.87. The number of aromatic hydroxyl groups is 1. The van der Waals surface area contributed by atoms with Crippen LogP contribution in [0.15, 0.2) is 54.6 Å². The molecular weight excluding hydrogens is 516 g/mol. The van der Waals surface area contributed by atoms with Crippen molar-refractivity contribution in [1.29, 1.82) is 0 Å². The average molecular weight is 557 g/mol. The van der Waals surface area contributed by atoms with E-state index in [9.17, 15) is 9.90 Å². The van der Waals surface area contributed by atoms with Crippen LogP contribution >= 0.6 is 0 Å². The van der Waals surface area contributed by atoms with E-state index in [1.54, 1.807) is 4.90 Å². The summed E-state index contributed by atoms with van der Waals surface area (Å²) in [6.45, 7) is 6.63. The van der Waals surface area contributed by atoms with Crippen LogP contribution in [0, 0.1) is 12.8 Å². The fraction of sp³-hybridized carbons (Fsp3) is 0.485. The molecule has 0 unspecified atom stereocenters. The minimum atomic E-state index is -0.412. The lowest BCUT2D eigenvalue weighted by Gasteiger charge is -2.39. The van der Waals surface area contributed by atoms with E-state index in [-0.39, 0.29) is 18.4 Å². The second-order valence-corrected chi connectivity index (χ2v) is 11.8. The van der Waals surface area contributed by atoms with Crippen LogP contribution in [-0.2, 0) is 16.1 Å². The number of aromatic nitrogens is 2. The van der Waals surface area contributed by atoms with Crippen LogP contribution in [0.25, 0.3) is 11.3 Å². The number of phenolic OH excluding ortho intramolecular Hbond substituents is 1. The maximum Gasteiger partial charge on any atom is 0.416 e. The molecule has 3 aromatic rings. The van der Waals surface area contributed by atoms with Gasteiger partial charge in [-0.2, -0.15) is 0 Å². The number of hydrogen-bond acceptors (Lipinski definition) is 7. The summed E-state index contributed by atoms with van der Waals surface area (Å²) in [4.78, 5) is 17.9. The normalized spacial score (nSPS) is 20.1. The van der Waals surface area contributed by atoms with Gasteiger partial charge in [0.1, 0.15) is 12.4 Å². The molecular formula is C33H40N4O4. The first-order valence-electron chi connectivity index (χ1n) is 15.0. The molecule has 216 valence electrons. The second kappa shape index (κ2) is 12.6. The number of nitrogens with zero attached hydrogens (tertiary/aromatic N) is 4. The van der Waals surface area contributed by atoms with Crippen LogP contribution in [0.5, 0.6) is 5.75 Å². The Morgan fingerprint density at radius 1 is 1.05 bits per heavy atom. The molecule has 8 nitrogen and oxygen atoms in total. The Labute approximate surface area is 242 Å². The van der Waals surface area contributed by atoms with Gasteiger partial charge >= 0.3 is 6.09 Å². The van der Waals surface area contributed by atoms with E-state index in [0.717, 1.165) is 69.7 Å². The van der Waals surface area contributed by atoms with Crippen molar-refractivity contribution in [3.05, 3.63) is 71.3 Å². The Hall–Kier alpha value is -3.49. The van der Waals surface area contributed by atoms with Gasteiger partial charge in [-0.15, -0.1) is 10.2 Å². The Kier molecular flexibility index (Phi) is 8.49. The van der Waals surface area contributed by atoms with Gasteiger partial charge in [0, 0.05) is 31.9 Å². The zero-order chi connectivity index (χ0) is 28.2. The minimum absolute atomic E-state index is 0.0716. The molecule has 1 saturated carbocycles. The number of likely N-dealkylation sites (tertiary alicyclic amines) is 1. The number of rotatable bonds is 8. The zero-order valence-electron chi connectivity index (χ0n) is 23.9. The van der Waals surface area contributed by atoms with Crippen LogP contribution in [-0.4, -0.2) is 65.2 Å². The zero-order valence-corrected chi connectivity index (χ0v) is 23.9. The van der Waals surface area contributed by atoms with Crippen LogP contribution in [0.2, 0.25) is 0 Å². The van der Waals surface area contributed by atoms with Gasteiger partial charge in [-0.25, -0.2) is 4.79 Å². The van der Waals surface area contributed by atoms with Crippen LogP contribution in [0.1, 0.15) is 61.1 Å².